The second-order valence-electron chi connectivity index (χ2n) is 7.32. The number of hydrogen-bond acceptors (Lipinski definition) is 0. The molecule has 0 amide bonds. The van der Waals surface area contributed by atoms with E-state index < -0.39 is 0 Å². The first-order valence-electron chi connectivity index (χ1n) is 8.94. The van der Waals surface area contributed by atoms with Gasteiger partial charge in [-0.2, -0.15) is 0 Å². The lowest BCUT2D eigenvalue weighted by Crippen LogP contribution is -2.13. The first-order chi connectivity index (χ1) is 10.5. The van der Waals surface area contributed by atoms with Gasteiger partial charge in [-0.1, -0.05) is 68.7 Å². The molecule has 0 N–H and O–H groups in total. The van der Waals surface area contributed by atoms with Gasteiger partial charge in [0.15, 0.2) is 0 Å². The zero-order chi connectivity index (χ0) is 16.1. The Bertz CT molecular complexity index is 524. The van der Waals surface area contributed by atoms with Gasteiger partial charge in [0.25, 0.3) is 0 Å². The van der Waals surface area contributed by atoms with E-state index in [0.717, 1.165) is 24.7 Å². The maximum Gasteiger partial charge on any atom is -0.00612 e. The molecule has 0 saturated heterocycles. The van der Waals surface area contributed by atoms with Crippen LogP contribution in [0.25, 0.3) is 0 Å². The van der Waals surface area contributed by atoms with Crippen LogP contribution in [-0.4, -0.2) is 0 Å². The highest BCUT2D eigenvalue weighted by atomic mass is 14.3. The minimum Gasteiger partial charge on any atom is -0.0952 e. The molecule has 0 aromatic carbocycles. The van der Waals surface area contributed by atoms with Crippen LogP contribution in [0.2, 0.25) is 0 Å². The molecule has 2 rings (SSSR count). The standard InChI is InChI=1S/C22H32/c1-6-18(5)22(16(2)3)14-10-19-9-13-21(15-19)20-11-7-17(4)8-12-20/h9-10,13-14,17,20H,5-8,11-12,15H2,1-4H3/b14-10+. The Morgan fingerprint density at radius 3 is 2.45 bits per heavy atom. The summed E-state index contributed by atoms with van der Waals surface area (Å²) in [6.45, 7) is 13.1. The van der Waals surface area contributed by atoms with Gasteiger partial charge >= 0.3 is 0 Å². The fourth-order valence-corrected chi connectivity index (χ4v) is 3.61. The second-order valence-corrected chi connectivity index (χ2v) is 7.32. The smallest absolute Gasteiger partial charge is 0.00612 e. The first kappa shape index (κ1) is 17.1. The van der Waals surface area contributed by atoms with Crippen LogP contribution < -0.4 is 0 Å². The maximum atomic E-state index is 4.19. The summed E-state index contributed by atoms with van der Waals surface area (Å²) in [4.78, 5) is 0. The van der Waals surface area contributed by atoms with Gasteiger partial charge in [-0.25, -0.2) is 0 Å². The van der Waals surface area contributed by atoms with E-state index in [1.165, 1.54) is 48.0 Å². The summed E-state index contributed by atoms with van der Waals surface area (Å²) >= 11 is 0. The largest absolute Gasteiger partial charge is 0.0952 e. The summed E-state index contributed by atoms with van der Waals surface area (Å²) < 4.78 is 0. The quantitative estimate of drug-likeness (QED) is 0.483. The van der Waals surface area contributed by atoms with Crippen LogP contribution in [0.5, 0.6) is 0 Å². The summed E-state index contributed by atoms with van der Waals surface area (Å²) in [5, 5.41) is 0. The first-order valence-corrected chi connectivity index (χ1v) is 8.94. The van der Waals surface area contributed by atoms with Crippen molar-refractivity contribution in [2.75, 3.05) is 0 Å². The van der Waals surface area contributed by atoms with E-state index in [-0.39, 0.29) is 0 Å². The number of allylic oxidation sites excluding steroid dienone is 9. The third kappa shape index (κ3) is 4.35. The van der Waals surface area contributed by atoms with E-state index in [1.54, 1.807) is 5.57 Å². The lowest BCUT2D eigenvalue weighted by atomic mass is 9.78. The highest BCUT2D eigenvalue weighted by Gasteiger charge is 2.22. The van der Waals surface area contributed by atoms with Gasteiger partial charge in [-0.3, -0.25) is 0 Å². The molecule has 1 saturated carbocycles. The monoisotopic (exact) mass is 296 g/mol. The van der Waals surface area contributed by atoms with Crippen LogP contribution in [0.4, 0.5) is 0 Å². The van der Waals surface area contributed by atoms with Crippen LogP contribution in [-0.2, 0) is 0 Å². The van der Waals surface area contributed by atoms with Crippen LogP contribution in [0.1, 0.15) is 66.2 Å². The lowest BCUT2D eigenvalue weighted by Gasteiger charge is -2.27. The zero-order valence-corrected chi connectivity index (χ0v) is 14.9. The molecule has 0 aliphatic heterocycles. The minimum atomic E-state index is 0.840. The molecule has 0 heterocycles. The Morgan fingerprint density at radius 1 is 1.18 bits per heavy atom. The molecule has 0 radical (unpaired) electrons. The van der Waals surface area contributed by atoms with E-state index >= 15 is 0 Å². The third-order valence-corrected chi connectivity index (χ3v) is 5.27. The van der Waals surface area contributed by atoms with Crippen LogP contribution in [0.15, 0.2) is 58.7 Å². The SMILES string of the molecule is C=C(CC)C(/C=C/C1=CC=C(C2CCC(C)CC2)C1)=C(C)C. The van der Waals surface area contributed by atoms with Crippen molar-refractivity contribution >= 4 is 0 Å². The molecule has 0 heteroatoms. The molecule has 2 aliphatic carbocycles. The van der Waals surface area contributed by atoms with Gasteiger partial charge < -0.3 is 0 Å². The topological polar surface area (TPSA) is 0 Å². The fourth-order valence-electron chi connectivity index (χ4n) is 3.61. The van der Waals surface area contributed by atoms with Gasteiger partial charge in [-0.15, -0.1) is 0 Å². The predicted octanol–water partition coefficient (Wildman–Crippen LogP) is 6.93. The van der Waals surface area contributed by atoms with Crippen molar-refractivity contribution in [3.63, 3.8) is 0 Å². The van der Waals surface area contributed by atoms with Crippen LogP contribution in [0, 0.1) is 11.8 Å². The Kier molecular flexibility index (Phi) is 6.06. The molecule has 0 unspecified atom stereocenters. The molecule has 0 aromatic heterocycles. The summed E-state index contributed by atoms with van der Waals surface area (Å²) in [7, 11) is 0. The zero-order valence-electron chi connectivity index (χ0n) is 14.9. The summed E-state index contributed by atoms with van der Waals surface area (Å²) in [6, 6.07) is 0. The fraction of sp³-hybridized carbons (Fsp3) is 0.545. The summed E-state index contributed by atoms with van der Waals surface area (Å²) in [6.07, 6.45) is 17.1. The molecule has 0 atom stereocenters. The lowest BCUT2D eigenvalue weighted by molar-refractivity contribution is 0.318. The average molecular weight is 296 g/mol. The molecule has 0 bridgehead atoms. The number of rotatable bonds is 5. The molecule has 0 aromatic rings. The highest BCUT2D eigenvalue weighted by Crippen LogP contribution is 2.37. The van der Waals surface area contributed by atoms with E-state index in [0.29, 0.717) is 0 Å². The van der Waals surface area contributed by atoms with Crippen molar-refractivity contribution in [1.29, 1.82) is 0 Å². The van der Waals surface area contributed by atoms with Gasteiger partial charge in [-0.05, 0) is 68.1 Å². The van der Waals surface area contributed by atoms with Crippen molar-refractivity contribution in [3.8, 4) is 0 Å². The van der Waals surface area contributed by atoms with Gasteiger partial charge in [0, 0.05) is 0 Å². The van der Waals surface area contributed by atoms with Crippen molar-refractivity contribution in [3.05, 3.63) is 58.7 Å². The summed E-state index contributed by atoms with van der Waals surface area (Å²) in [5.41, 5.74) is 7.04. The van der Waals surface area contributed by atoms with Crippen LogP contribution >= 0.6 is 0 Å². The number of hydrogen-bond donors (Lipinski definition) is 0. The highest BCUT2D eigenvalue weighted by molar-refractivity contribution is 5.46. The molecule has 2 aliphatic rings. The molecule has 0 nitrogen and oxygen atoms in total. The normalized spacial score (nSPS) is 25.1. The predicted molar refractivity (Wildman–Crippen MR) is 98.9 cm³/mol. The molecule has 120 valence electrons. The molecule has 22 heavy (non-hydrogen) atoms. The average Bonchev–Trinajstić information content (AvgIpc) is 2.96. The van der Waals surface area contributed by atoms with E-state index in [1.807, 2.05) is 0 Å². The molecular formula is C22H32. The van der Waals surface area contributed by atoms with Gasteiger partial charge in [0.2, 0.25) is 0 Å². The second kappa shape index (κ2) is 7.81. The summed E-state index contributed by atoms with van der Waals surface area (Å²) in [5.74, 6) is 1.78. The molecule has 0 spiro atoms. The van der Waals surface area contributed by atoms with Crippen molar-refractivity contribution in [2.45, 2.75) is 66.2 Å². The Labute approximate surface area is 137 Å². The Morgan fingerprint density at radius 2 is 1.86 bits per heavy atom. The molecule has 1 fully saturated rings. The van der Waals surface area contributed by atoms with Crippen molar-refractivity contribution < 1.29 is 0 Å². The molecular weight excluding hydrogens is 264 g/mol. The Balaban J connectivity index is 1.93. The Hall–Kier alpha value is -1.30. The van der Waals surface area contributed by atoms with Gasteiger partial charge in [0.1, 0.15) is 0 Å². The van der Waals surface area contributed by atoms with E-state index in [4.69, 9.17) is 0 Å². The maximum absolute atomic E-state index is 4.19. The van der Waals surface area contributed by atoms with E-state index in [9.17, 15) is 0 Å². The van der Waals surface area contributed by atoms with Crippen LogP contribution in [0.3, 0.4) is 0 Å². The minimum absolute atomic E-state index is 0.840. The van der Waals surface area contributed by atoms with E-state index in [2.05, 4.69) is 58.6 Å². The van der Waals surface area contributed by atoms with Crippen molar-refractivity contribution in [2.24, 2.45) is 11.8 Å². The van der Waals surface area contributed by atoms with Gasteiger partial charge in [0.05, 0.1) is 0 Å². The van der Waals surface area contributed by atoms with Crippen molar-refractivity contribution in [1.82, 2.24) is 0 Å². The third-order valence-electron chi connectivity index (χ3n) is 5.27.